The van der Waals surface area contributed by atoms with Crippen molar-refractivity contribution in [2.24, 2.45) is 0 Å². The molecule has 133 valence electrons. The van der Waals surface area contributed by atoms with E-state index >= 15 is 0 Å². The second-order valence-corrected chi connectivity index (χ2v) is 11.0. The zero-order valence-corrected chi connectivity index (χ0v) is 17.4. The van der Waals surface area contributed by atoms with Gasteiger partial charge in [0.25, 0.3) is 0 Å². The Balaban J connectivity index is 0.000000595. The number of nitrogens with zero attached hydrogens (tertiary/aromatic N) is 3. The second kappa shape index (κ2) is 11.9. The number of pyridine rings is 1. The third kappa shape index (κ3) is 7.92. The van der Waals surface area contributed by atoms with Gasteiger partial charge in [0.2, 0.25) is 0 Å². The van der Waals surface area contributed by atoms with Gasteiger partial charge in [-0.1, -0.05) is 6.07 Å². The van der Waals surface area contributed by atoms with E-state index in [9.17, 15) is 0 Å². The molecular formula is C15H25Br2CoN5. The van der Waals surface area contributed by atoms with Crippen LogP contribution in [0.25, 0.3) is 0 Å². The van der Waals surface area contributed by atoms with E-state index in [4.69, 9.17) is 4.98 Å². The first-order valence-corrected chi connectivity index (χ1v) is 13.1. The van der Waals surface area contributed by atoms with Crippen LogP contribution in [0.2, 0.25) is 0 Å². The fraction of sp³-hybridized carbons (Fsp3) is 0.667. The van der Waals surface area contributed by atoms with Crippen molar-refractivity contribution in [3.8, 4) is 0 Å². The molecule has 23 heavy (non-hydrogen) atoms. The van der Waals surface area contributed by atoms with Gasteiger partial charge in [-0.3, -0.25) is 14.8 Å². The van der Waals surface area contributed by atoms with Gasteiger partial charge in [0.1, 0.15) is 0 Å². The monoisotopic (exact) mass is 492 g/mol. The topological polar surface area (TPSA) is 43.4 Å². The molecule has 8 heteroatoms. The molecule has 0 amide bonds. The van der Waals surface area contributed by atoms with Gasteiger partial charge in [-0.15, -0.1) is 0 Å². The van der Waals surface area contributed by atoms with Crippen LogP contribution in [0.5, 0.6) is 0 Å². The van der Waals surface area contributed by atoms with Crippen molar-refractivity contribution in [3.05, 3.63) is 29.6 Å². The van der Waals surface area contributed by atoms with Crippen LogP contribution in [0.15, 0.2) is 18.2 Å². The number of nitrogens with one attached hydrogen (secondary N) is 2. The zero-order valence-electron chi connectivity index (χ0n) is 13.2. The normalized spacial score (nSPS) is 20.1. The largest absolute Gasteiger partial charge is 0.314 e. The summed E-state index contributed by atoms with van der Waals surface area (Å²) in [5, 5.41) is 6.78. The van der Waals surface area contributed by atoms with E-state index in [1.54, 1.807) is 0 Å². The number of hydrogen-bond acceptors (Lipinski definition) is 5. The van der Waals surface area contributed by atoms with E-state index < -0.39 is 0 Å². The van der Waals surface area contributed by atoms with Gasteiger partial charge in [0, 0.05) is 65.4 Å². The summed E-state index contributed by atoms with van der Waals surface area (Å²) in [6.07, 6.45) is 0. The number of rotatable bonds is 4. The van der Waals surface area contributed by atoms with Crippen LogP contribution in [0.4, 0.5) is 0 Å². The molecule has 1 aromatic heterocycles. The second-order valence-electron chi connectivity index (χ2n) is 5.72. The molecule has 2 N–H and O–H groups in total. The van der Waals surface area contributed by atoms with Crippen LogP contribution >= 0.6 is 28.3 Å². The maximum absolute atomic E-state index is 4.84. The summed E-state index contributed by atoms with van der Waals surface area (Å²) in [7, 11) is 0. The maximum Gasteiger partial charge on any atom is 0.0547 e. The average Bonchev–Trinajstić information content (AvgIpc) is 2.58. The van der Waals surface area contributed by atoms with Crippen molar-refractivity contribution in [1.82, 2.24) is 25.4 Å². The SMILES string of the molecule is [Br][Co][Br].c1cc(CN2CCNCC2)nc(CN2CCNCC2)c1. The van der Waals surface area contributed by atoms with Crippen molar-refractivity contribution in [1.29, 1.82) is 0 Å². The first kappa shape index (κ1) is 19.8. The van der Waals surface area contributed by atoms with Gasteiger partial charge >= 0.3 is 39.5 Å². The molecule has 2 aliphatic heterocycles. The molecule has 0 spiro atoms. The van der Waals surface area contributed by atoms with Crippen molar-refractivity contribution < 1.29 is 11.1 Å². The maximum atomic E-state index is 4.84. The van der Waals surface area contributed by atoms with E-state index in [-0.39, 0.29) is 0 Å². The molecular weight excluding hydrogens is 469 g/mol. The summed E-state index contributed by atoms with van der Waals surface area (Å²) < 4.78 is 0. The third-order valence-electron chi connectivity index (χ3n) is 4.05. The minimum Gasteiger partial charge on any atom is -0.314 e. The molecule has 0 radical (unpaired) electrons. The van der Waals surface area contributed by atoms with Gasteiger partial charge in [0.15, 0.2) is 0 Å². The number of hydrogen-bond donors (Lipinski definition) is 2. The predicted molar refractivity (Wildman–Crippen MR) is 98.4 cm³/mol. The van der Waals surface area contributed by atoms with E-state index in [0.29, 0.717) is 0 Å². The van der Waals surface area contributed by atoms with Gasteiger partial charge in [-0.25, -0.2) is 0 Å². The molecule has 2 aliphatic rings. The van der Waals surface area contributed by atoms with E-state index in [2.05, 4.69) is 67.0 Å². The molecule has 0 aliphatic carbocycles. The molecule has 2 saturated heterocycles. The molecule has 0 saturated carbocycles. The minimum absolute atomic E-state index is 0.983. The zero-order chi connectivity index (χ0) is 16.3. The Morgan fingerprint density at radius 1 is 0.870 bits per heavy atom. The molecule has 3 rings (SSSR count). The Morgan fingerprint density at radius 3 is 1.65 bits per heavy atom. The Hall–Kier alpha value is 0.456. The third-order valence-corrected chi connectivity index (χ3v) is 4.05. The molecule has 0 aromatic carbocycles. The van der Waals surface area contributed by atoms with Gasteiger partial charge in [0.05, 0.1) is 11.4 Å². The van der Waals surface area contributed by atoms with Crippen LogP contribution in [0, 0.1) is 0 Å². The molecule has 1 aromatic rings. The summed E-state index contributed by atoms with van der Waals surface area (Å²) in [5.74, 6) is 0. The molecule has 2 fully saturated rings. The van der Waals surface area contributed by atoms with Crippen LogP contribution < -0.4 is 10.6 Å². The fourth-order valence-electron chi connectivity index (χ4n) is 2.90. The van der Waals surface area contributed by atoms with Crippen molar-refractivity contribution in [3.63, 3.8) is 0 Å². The Labute approximate surface area is 159 Å². The number of aromatic nitrogens is 1. The Morgan fingerprint density at radius 2 is 1.26 bits per heavy atom. The summed E-state index contributed by atoms with van der Waals surface area (Å²) in [4.78, 5) is 9.80. The molecule has 0 unspecified atom stereocenters. The van der Waals surface area contributed by atoms with E-state index in [1.807, 2.05) is 0 Å². The number of piperazine rings is 2. The van der Waals surface area contributed by atoms with Gasteiger partial charge in [-0.05, 0) is 12.1 Å². The van der Waals surface area contributed by atoms with E-state index in [1.165, 1.54) is 11.4 Å². The molecule has 0 bridgehead atoms. The predicted octanol–water partition coefficient (Wildman–Crippen LogP) is 1.58. The molecule has 0 atom stereocenters. The van der Waals surface area contributed by atoms with Crippen molar-refractivity contribution >= 4 is 28.3 Å². The summed E-state index contributed by atoms with van der Waals surface area (Å²) in [6, 6.07) is 6.47. The van der Waals surface area contributed by atoms with Crippen LogP contribution in [0.3, 0.4) is 0 Å². The first-order valence-electron chi connectivity index (χ1n) is 7.96. The van der Waals surface area contributed by atoms with Crippen molar-refractivity contribution in [2.75, 3.05) is 52.4 Å². The average molecular weight is 494 g/mol. The minimum atomic E-state index is 0.983. The first-order chi connectivity index (χ1) is 11.3. The standard InChI is InChI=1S/C15H25N5.2BrH.Co/c1-2-14(12-19-8-4-16-5-9-19)18-15(3-1)13-20-10-6-17-7-11-20;;;/h1-3,16-17H,4-13H2;2*1H;/q;;;+2/p-2. The summed E-state index contributed by atoms with van der Waals surface area (Å²) >= 11 is 7.12. The van der Waals surface area contributed by atoms with Gasteiger partial charge in [-0.2, -0.15) is 0 Å². The Kier molecular flexibility index (Phi) is 10.2. The summed E-state index contributed by atoms with van der Waals surface area (Å²) in [6.45, 7) is 10.9. The quantitative estimate of drug-likeness (QED) is 0.666. The fourth-order valence-corrected chi connectivity index (χ4v) is 2.90. The van der Waals surface area contributed by atoms with Crippen LogP contribution in [-0.2, 0) is 24.2 Å². The summed E-state index contributed by atoms with van der Waals surface area (Å²) in [5.41, 5.74) is 2.42. The molecule has 5 nitrogen and oxygen atoms in total. The molecule has 3 heterocycles. The van der Waals surface area contributed by atoms with Crippen molar-refractivity contribution in [2.45, 2.75) is 13.1 Å². The Bertz CT molecular complexity index is 404. The van der Waals surface area contributed by atoms with Crippen LogP contribution in [-0.4, -0.2) is 67.1 Å². The number of halogens is 2. The van der Waals surface area contributed by atoms with E-state index in [0.717, 1.165) is 76.6 Å². The van der Waals surface area contributed by atoms with Crippen LogP contribution in [0.1, 0.15) is 11.4 Å². The smallest absolute Gasteiger partial charge is 0.0547 e. The van der Waals surface area contributed by atoms with Gasteiger partial charge < -0.3 is 10.6 Å².